The molecule has 0 aromatic heterocycles. The number of rotatable bonds is 8. The Bertz CT molecular complexity index is 932. The highest BCUT2D eigenvalue weighted by Gasteiger charge is 2.22. The normalized spacial score (nSPS) is 12.2. The molecule has 2 aromatic carbocycles. The fraction of sp³-hybridized carbons (Fsp3) is 0.316. The van der Waals surface area contributed by atoms with Gasteiger partial charge in [0.1, 0.15) is 12.4 Å². The summed E-state index contributed by atoms with van der Waals surface area (Å²) in [7, 11) is -0.695. The molecule has 9 heteroatoms. The third-order valence-corrected chi connectivity index (χ3v) is 5.23. The fourth-order valence-corrected chi connectivity index (χ4v) is 3.49. The van der Waals surface area contributed by atoms with E-state index in [1.54, 1.807) is 25.1 Å². The van der Waals surface area contributed by atoms with Crippen molar-refractivity contribution in [3.05, 3.63) is 53.8 Å². The van der Waals surface area contributed by atoms with Gasteiger partial charge in [0.05, 0.1) is 32.2 Å². The fourth-order valence-electron chi connectivity index (χ4n) is 2.63. The molecule has 152 valence electrons. The lowest BCUT2D eigenvalue weighted by Gasteiger charge is -2.23. The Labute approximate surface area is 164 Å². The van der Waals surface area contributed by atoms with E-state index in [4.69, 9.17) is 9.47 Å². The number of hydrogen-bond donors (Lipinski definition) is 1. The van der Waals surface area contributed by atoms with Crippen LogP contribution in [0.4, 0.5) is 10.1 Å². The van der Waals surface area contributed by atoms with E-state index in [9.17, 15) is 17.6 Å². The van der Waals surface area contributed by atoms with Crippen molar-refractivity contribution < 1.29 is 27.1 Å². The number of nitrogens with one attached hydrogen (secondary N) is 1. The van der Waals surface area contributed by atoms with E-state index in [1.165, 1.54) is 26.4 Å². The molecule has 1 N–H and O–H groups in total. The van der Waals surface area contributed by atoms with Crippen molar-refractivity contribution in [1.82, 2.24) is 5.32 Å². The number of benzene rings is 2. The largest absolute Gasteiger partial charge is 0.493 e. The van der Waals surface area contributed by atoms with Crippen LogP contribution in [0.1, 0.15) is 18.5 Å². The average Bonchev–Trinajstić information content (AvgIpc) is 2.65. The quantitative estimate of drug-likeness (QED) is 0.723. The number of carbonyl (C=O) groups is 1. The smallest absolute Gasteiger partial charge is 0.241 e. The molecular weight excluding hydrogens is 387 g/mol. The van der Waals surface area contributed by atoms with Crippen molar-refractivity contribution in [2.75, 3.05) is 31.3 Å². The second kappa shape index (κ2) is 8.92. The third-order valence-electron chi connectivity index (χ3n) is 4.09. The predicted molar refractivity (Wildman–Crippen MR) is 105 cm³/mol. The average molecular weight is 410 g/mol. The summed E-state index contributed by atoms with van der Waals surface area (Å²) in [5.41, 5.74) is 0.969. The second-order valence-electron chi connectivity index (χ2n) is 6.15. The molecule has 7 nitrogen and oxygen atoms in total. The summed E-state index contributed by atoms with van der Waals surface area (Å²) in [6.07, 6.45) is 0.988. The minimum atomic E-state index is -3.73. The molecule has 0 radical (unpaired) electrons. The molecule has 0 aliphatic rings. The number of halogens is 1. The Morgan fingerprint density at radius 2 is 1.71 bits per heavy atom. The molecule has 0 bridgehead atoms. The van der Waals surface area contributed by atoms with Crippen LogP contribution in [0.2, 0.25) is 0 Å². The van der Waals surface area contributed by atoms with E-state index in [0.29, 0.717) is 11.5 Å². The van der Waals surface area contributed by atoms with Gasteiger partial charge in [0.15, 0.2) is 11.5 Å². The minimum absolute atomic E-state index is 0.206. The van der Waals surface area contributed by atoms with Gasteiger partial charge in [-0.25, -0.2) is 12.8 Å². The van der Waals surface area contributed by atoms with Gasteiger partial charge in [0.25, 0.3) is 0 Å². The molecular formula is C19H23FN2O5S. The molecule has 2 aromatic rings. The second-order valence-corrected chi connectivity index (χ2v) is 8.06. The predicted octanol–water partition coefficient (Wildman–Crippen LogP) is 2.49. The summed E-state index contributed by atoms with van der Waals surface area (Å²) >= 11 is 0. The zero-order valence-electron chi connectivity index (χ0n) is 16.1. The lowest BCUT2D eigenvalue weighted by molar-refractivity contribution is -0.120. The molecule has 1 amide bonds. The summed E-state index contributed by atoms with van der Waals surface area (Å²) in [4.78, 5) is 12.5. The first-order valence-corrected chi connectivity index (χ1v) is 10.2. The summed E-state index contributed by atoms with van der Waals surface area (Å²) in [6, 6.07) is 9.72. The van der Waals surface area contributed by atoms with E-state index in [0.717, 1.165) is 28.3 Å². The van der Waals surface area contributed by atoms with Gasteiger partial charge >= 0.3 is 0 Å². The highest BCUT2D eigenvalue weighted by Crippen LogP contribution is 2.30. The number of methoxy groups -OCH3 is 2. The summed E-state index contributed by atoms with van der Waals surface area (Å²) < 4.78 is 48.6. The first-order chi connectivity index (χ1) is 13.2. The highest BCUT2D eigenvalue weighted by atomic mass is 32.2. The first kappa shape index (κ1) is 21.5. The molecule has 0 unspecified atom stereocenters. The molecule has 0 aliphatic carbocycles. The van der Waals surface area contributed by atoms with Gasteiger partial charge in [-0.2, -0.15) is 0 Å². The summed E-state index contributed by atoms with van der Waals surface area (Å²) in [5.74, 6) is 0.0790. The van der Waals surface area contributed by atoms with Gasteiger partial charge in [-0.1, -0.05) is 6.07 Å². The van der Waals surface area contributed by atoms with Crippen LogP contribution >= 0.6 is 0 Å². The van der Waals surface area contributed by atoms with E-state index in [1.807, 2.05) is 0 Å². The topological polar surface area (TPSA) is 84.9 Å². The van der Waals surface area contributed by atoms with E-state index in [-0.39, 0.29) is 5.69 Å². The number of nitrogens with zero attached hydrogens (tertiary/aromatic N) is 1. The van der Waals surface area contributed by atoms with Crippen LogP contribution in [0.3, 0.4) is 0 Å². The Balaban J connectivity index is 2.15. The van der Waals surface area contributed by atoms with Gasteiger partial charge in [-0.15, -0.1) is 0 Å². The van der Waals surface area contributed by atoms with Crippen LogP contribution in [0.25, 0.3) is 0 Å². The number of anilines is 1. The highest BCUT2D eigenvalue weighted by molar-refractivity contribution is 7.92. The zero-order chi connectivity index (χ0) is 20.9. The molecule has 1 atom stereocenters. The van der Waals surface area contributed by atoms with Crippen molar-refractivity contribution in [3.63, 3.8) is 0 Å². The minimum Gasteiger partial charge on any atom is -0.493 e. The Morgan fingerprint density at radius 1 is 1.11 bits per heavy atom. The van der Waals surface area contributed by atoms with Crippen molar-refractivity contribution in [2.45, 2.75) is 13.0 Å². The van der Waals surface area contributed by atoms with E-state index in [2.05, 4.69) is 5.32 Å². The Hall–Kier alpha value is -2.81. The standard InChI is InChI=1S/C19H23FN2O5S/c1-13(14-5-10-17(26-2)18(11-14)27-3)21-19(23)12-22(28(4,24)25)16-8-6-15(20)7-9-16/h5-11,13H,12H2,1-4H3,(H,21,23)/t13-/m1/s1. The Kier molecular flexibility index (Phi) is 6.85. The van der Waals surface area contributed by atoms with E-state index < -0.39 is 34.3 Å². The van der Waals surface area contributed by atoms with Crippen LogP contribution < -0.4 is 19.1 Å². The van der Waals surface area contributed by atoms with Crippen LogP contribution in [-0.4, -0.2) is 41.3 Å². The van der Waals surface area contributed by atoms with Crippen LogP contribution in [0.5, 0.6) is 11.5 Å². The third kappa shape index (κ3) is 5.35. The van der Waals surface area contributed by atoms with Crippen LogP contribution in [0, 0.1) is 5.82 Å². The molecule has 0 saturated carbocycles. The lowest BCUT2D eigenvalue weighted by Crippen LogP contribution is -2.41. The van der Waals surface area contributed by atoms with Crippen molar-refractivity contribution in [2.24, 2.45) is 0 Å². The van der Waals surface area contributed by atoms with Gasteiger partial charge in [-0.3, -0.25) is 9.10 Å². The Morgan fingerprint density at radius 3 is 2.25 bits per heavy atom. The number of carbonyl (C=O) groups excluding carboxylic acids is 1. The number of amides is 1. The molecule has 0 aliphatic heterocycles. The van der Waals surface area contributed by atoms with Crippen LogP contribution in [0.15, 0.2) is 42.5 Å². The molecule has 28 heavy (non-hydrogen) atoms. The maximum Gasteiger partial charge on any atom is 0.241 e. The van der Waals surface area contributed by atoms with Gasteiger partial charge in [-0.05, 0) is 48.9 Å². The van der Waals surface area contributed by atoms with Gasteiger partial charge in [0, 0.05) is 0 Å². The zero-order valence-corrected chi connectivity index (χ0v) is 16.9. The van der Waals surface area contributed by atoms with Gasteiger partial charge < -0.3 is 14.8 Å². The van der Waals surface area contributed by atoms with E-state index >= 15 is 0 Å². The van der Waals surface area contributed by atoms with Crippen molar-refractivity contribution in [3.8, 4) is 11.5 Å². The van der Waals surface area contributed by atoms with Gasteiger partial charge in [0.2, 0.25) is 15.9 Å². The number of hydrogen-bond acceptors (Lipinski definition) is 5. The maximum absolute atomic E-state index is 13.1. The maximum atomic E-state index is 13.1. The molecule has 0 fully saturated rings. The SMILES string of the molecule is COc1ccc([C@@H](C)NC(=O)CN(c2ccc(F)cc2)S(C)(=O)=O)cc1OC. The van der Waals surface area contributed by atoms with Crippen molar-refractivity contribution >= 4 is 21.6 Å². The molecule has 2 rings (SSSR count). The first-order valence-electron chi connectivity index (χ1n) is 8.40. The molecule has 0 heterocycles. The number of sulfonamides is 1. The summed E-state index contributed by atoms with van der Waals surface area (Å²) in [5, 5.41) is 2.75. The lowest BCUT2D eigenvalue weighted by atomic mass is 10.1. The van der Waals surface area contributed by atoms with Crippen molar-refractivity contribution in [1.29, 1.82) is 0 Å². The van der Waals surface area contributed by atoms with Crippen LogP contribution in [-0.2, 0) is 14.8 Å². The number of ether oxygens (including phenoxy) is 2. The molecule has 0 spiro atoms. The summed E-state index contributed by atoms with van der Waals surface area (Å²) in [6.45, 7) is 1.34. The monoisotopic (exact) mass is 410 g/mol. The molecule has 0 saturated heterocycles.